The number of carbonyl (C=O) groups excluding carboxylic acids is 1. The van der Waals surface area contributed by atoms with Crippen LogP contribution < -0.4 is 5.32 Å². The van der Waals surface area contributed by atoms with Gasteiger partial charge in [-0.15, -0.1) is 11.3 Å². The minimum Gasteiger partial charge on any atom is -0.507 e. The number of phenols is 1. The van der Waals surface area contributed by atoms with Crippen LogP contribution in [-0.2, 0) is 0 Å². The standard InChI is InChI=1S/C13H12BrNO2S/c1-8(12-3-2-6-18-12)15-13(17)9-4-5-10(14)11(16)7-9/h2-8,16H,1H3,(H,15,17). The van der Waals surface area contributed by atoms with Crippen LogP contribution in [0.5, 0.6) is 5.75 Å². The van der Waals surface area contributed by atoms with Crippen molar-refractivity contribution >= 4 is 33.2 Å². The minimum absolute atomic E-state index is 0.0386. The molecule has 1 aromatic heterocycles. The van der Waals surface area contributed by atoms with E-state index in [4.69, 9.17) is 0 Å². The molecule has 2 aromatic rings. The van der Waals surface area contributed by atoms with E-state index in [9.17, 15) is 9.90 Å². The fourth-order valence-electron chi connectivity index (χ4n) is 1.54. The summed E-state index contributed by atoms with van der Waals surface area (Å²) in [7, 11) is 0. The van der Waals surface area contributed by atoms with Crippen molar-refractivity contribution in [1.82, 2.24) is 5.32 Å². The molecule has 1 atom stereocenters. The Labute approximate surface area is 118 Å². The number of nitrogens with one attached hydrogen (secondary N) is 1. The highest BCUT2D eigenvalue weighted by Crippen LogP contribution is 2.25. The molecular weight excluding hydrogens is 314 g/mol. The lowest BCUT2D eigenvalue weighted by molar-refractivity contribution is 0.0940. The van der Waals surface area contributed by atoms with Crippen LogP contribution in [0.1, 0.15) is 28.2 Å². The molecule has 1 unspecified atom stereocenters. The van der Waals surface area contributed by atoms with Crippen molar-refractivity contribution in [3.8, 4) is 5.75 Å². The van der Waals surface area contributed by atoms with E-state index in [0.29, 0.717) is 10.0 Å². The molecule has 2 N–H and O–H groups in total. The molecule has 0 saturated carbocycles. The Kier molecular flexibility index (Phi) is 4.04. The van der Waals surface area contributed by atoms with Crippen LogP contribution in [0.4, 0.5) is 0 Å². The number of rotatable bonds is 3. The number of phenolic OH excluding ortho intramolecular Hbond substituents is 1. The van der Waals surface area contributed by atoms with Crippen molar-refractivity contribution in [3.63, 3.8) is 0 Å². The summed E-state index contributed by atoms with van der Waals surface area (Å²) in [5, 5.41) is 14.4. The topological polar surface area (TPSA) is 49.3 Å². The highest BCUT2D eigenvalue weighted by atomic mass is 79.9. The van der Waals surface area contributed by atoms with Gasteiger partial charge in [0.15, 0.2) is 0 Å². The number of hydrogen-bond acceptors (Lipinski definition) is 3. The van der Waals surface area contributed by atoms with E-state index >= 15 is 0 Å². The third kappa shape index (κ3) is 2.91. The van der Waals surface area contributed by atoms with Gasteiger partial charge in [0.05, 0.1) is 10.5 Å². The first kappa shape index (κ1) is 13.1. The van der Waals surface area contributed by atoms with Crippen LogP contribution in [0.25, 0.3) is 0 Å². The molecule has 0 aliphatic rings. The molecular formula is C13H12BrNO2S. The van der Waals surface area contributed by atoms with Crippen molar-refractivity contribution < 1.29 is 9.90 Å². The van der Waals surface area contributed by atoms with Crippen LogP contribution in [-0.4, -0.2) is 11.0 Å². The molecule has 1 aromatic carbocycles. The van der Waals surface area contributed by atoms with E-state index in [-0.39, 0.29) is 17.7 Å². The minimum atomic E-state index is -0.196. The van der Waals surface area contributed by atoms with Gasteiger partial charge in [0.25, 0.3) is 5.91 Å². The fourth-order valence-corrected chi connectivity index (χ4v) is 2.52. The smallest absolute Gasteiger partial charge is 0.251 e. The lowest BCUT2D eigenvalue weighted by atomic mass is 10.2. The Balaban J connectivity index is 2.10. The summed E-state index contributed by atoms with van der Waals surface area (Å²) in [6, 6.07) is 8.66. The second-order valence-electron chi connectivity index (χ2n) is 3.88. The van der Waals surface area contributed by atoms with E-state index in [2.05, 4.69) is 21.2 Å². The predicted octanol–water partition coefficient (Wildman–Crippen LogP) is 3.71. The van der Waals surface area contributed by atoms with Crippen LogP contribution >= 0.6 is 27.3 Å². The molecule has 0 aliphatic heterocycles. The van der Waals surface area contributed by atoms with Crippen molar-refractivity contribution in [3.05, 3.63) is 50.6 Å². The average Bonchev–Trinajstić information content (AvgIpc) is 2.86. The number of hydrogen-bond donors (Lipinski definition) is 2. The first-order valence-electron chi connectivity index (χ1n) is 5.40. The zero-order valence-electron chi connectivity index (χ0n) is 9.68. The molecule has 94 valence electrons. The lowest BCUT2D eigenvalue weighted by Gasteiger charge is -2.12. The first-order chi connectivity index (χ1) is 8.58. The number of carbonyl (C=O) groups is 1. The molecule has 0 spiro atoms. The molecule has 1 amide bonds. The van der Waals surface area contributed by atoms with Gasteiger partial charge in [-0.1, -0.05) is 6.07 Å². The molecule has 0 saturated heterocycles. The number of aromatic hydroxyl groups is 1. The maximum atomic E-state index is 12.0. The fraction of sp³-hybridized carbons (Fsp3) is 0.154. The summed E-state index contributed by atoms with van der Waals surface area (Å²) in [5.74, 6) is -0.134. The summed E-state index contributed by atoms with van der Waals surface area (Å²) in [5.41, 5.74) is 0.444. The number of thiophene rings is 1. The zero-order chi connectivity index (χ0) is 13.1. The number of halogens is 1. The van der Waals surface area contributed by atoms with Gasteiger partial charge in [0.1, 0.15) is 5.75 Å². The summed E-state index contributed by atoms with van der Waals surface area (Å²) in [6.07, 6.45) is 0. The van der Waals surface area contributed by atoms with Gasteiger partial charge in [-0.05, 0) is 52.5 Å². The Morgan fingerprint density at radius 3 is 2.83 bits per heavy atom. The summed E-state index contributed by atoms with van der Waals surface area (Å²) >= 11 is 4.78. The Morgan fingerprint density at radius 2 is 2.22 bits per heavy atom. The SMILES string of the molecule is CC(NC(=O)c1ccc(Br)c(O)c1)c1cccs1. The monoisotopic (exact) mass is 325 g/mol. The maximum absolute atomic E-state index is 12.0. The van der Waals surface area contributed by atoms with E-state index in [1.54, 1.807) is 23.5 Å². The second kappa shape index (κ2) is 5.54. The van der Waals surface area contributed by atoms with Gasteiger partial charge in [0, 0.05) is 10.4 Å². The molecule has 2 rings (SSSR count). The van der Waals surface area contributed by atoms with Crippen LogP contribution in [0.15, 0.2) is 40.2 Å². The van der Waals surface area contributed by atoms with Crippen LogP contribution in [0, 0.1) is 0 Å². The Hall–Kier alpha value is -1.33. The van der Waals surface area contributed by atoms with Gasteiger partial charge < -0.3 is 10.4 Å². The number of benzene rings is 1. The summed E-state index contributed by atoms with van der Waals surface area (Å²) in [4.78, 5) is 13.1. The zero-order valence-corrected chi connectivity index (χ0v) is 12.1. The van der Waals surface area contributed by atoms with E-state index in [1.807, 2.05) is 24.4 Å². The van der Waals surface area contributed by atoms with E-state index in [0.717, 1.165) is 4.88 Å². The molecule has 0 aliphatic carbocycles. The predicted molar refractivity (Wildman–Crippen MR) is 76.0 cm³/mol. The second-order valence-corrected chi connectivity index (χ2v) is 5.71. The molecule has 0 radical (unpaired) electrons. The Morgan fingerprint density at radius 1 is 1.44 bits per heavy atom. The normalized spacial score (nSPS) is 12.1. The van der Waals surface area contributed by atoms with Gasteiger partial charge in [-0.2, -0.15) is 0 Å². The molecule has 3 nitrogen and oxygen atoms in total. The van der Waals surface area contributed by atoms with E-state index < -0.39 is 0 Å². The van der Waals surface area contributed by atoms with Crippen LogP contribution in [0.2, 0.25) is 0 Å². The number of amides is 1. The average molecular weight is 326 g/mol. The maximum Gasteiger partial charge on any atom is 0.251 e. The lowest BCUT2D eigenvalue weighted by Crippen LogP contribution is -2.26. The van der Waals surface area contributed by atoms with Crippen LogP contribution in [0.3, 0.4) is 0 Å². The quantitative estimate of drug-likeness (QED) is 0.903. The largest absolute Gasteiger partial charge is 0.507 e. The van der Waals surface area contributed by atoms with Crippen molar-refractivity contribution in [1.29, 1.82) is 0 Å². The molecule has 0 fully saturated rings. The summed E-state index contributed by atoms with van der Waals surface area (Å²) < 4.78 is 0.574. The van der Waals surface area contributed by atoms with Crippen molar-refractivity contribution in [2.75, 3.05) is 0 Å². The van der Waals surface area contributed by atoms with Gasteiger partial charge in [-0.25, -0.2) is 0 Å². The Bertz CT molecular complexity index is 554. The van der Waals surface area contributed by atoms with Gasteiger partial charge >= 0.3 is 0 Å². The van der Waals surface area contributed by atoms with Crippen molar-refractivity contribution in [2.24, 2.45) is 0 Å². The molecule has 1 heterocycles. The summed E-state index contributed by atoms with van der Waals surface area (Å²) in [6.45, 7) is 1.93. The molecule has 0 bridgehead atoms. The molecule has 18 heavy (non-hydrogen) atoms. The first-order valence-corrected chi connectivity index (χ1v) is 7.08. The highest BCUT2D eigenvalue weighted by molar-refractivity contribution is 9.10. The van der Waals surface area contributed by atoms with Gasteiger partial charge in [-0.3, -0.25) is 4.79 Å². The third-order valence-electron chi connectivity index (χ3n) is 2.53. The molecule has 5 heteroatoms. The third-order valence-corrected chi connectivity index (χ3v) is 4.25. The van der Waals surface area contributed by atoms with Gasteiger partial charge in [0.2, 0.25) is 0 Å². The van der Waals surface area contributed by atoms with Crippen molar-refractivity contribution in [2.45, 2.75) is 13.0 Å². The highest BCUT2D eigenvalue weighted by Gasteiger charge is 2.13. The van der Waals surface area contributed by atoms with E-state index in [1.165, 1.54) is 6.07 Å².